The maximum Gasteiger partial charge on any atom is 0.419 e. The number of carbonyl (C=O) groups is 1. The van der Waals surface area contributed by atoms with E-state index in [1.807, 2.05) is 0 Å². The van der Waals surface area contributed by atoms with Gasteiger partial charge in [0, 0.05) is 37.2 Å². The van der Waals surface area contributed by atoms with Crippen LogP contribution in [0.2, 0.25) is 0 Å². The first-order chi connectivity index (χ1) is 13.4. The Morgan fingerprint density at radius 2 is 1.89 bits per heavy atom. The van der Waals surface area contributed by atoms with E-state index in [1.54, 1.807) is 18.2 Å². The third-order valence-electron chi connectivity index (χ3n) is 4.25. The largest absolute Gasteiger partial charge is 0.495 e. The molecule has 0 unspecified atom stereocenters. The Bertz CT molecular complexity index is 822. The summed E-state index contributed by atoms with van der Waals surface area (Å²) >= 11 is 0. The van der Waals surface area contributed by atoms with Gasteiger partial charge in [0.25, 0.3) is 5.91 Å². The predicted octanol–water partition coefficient (Wildman–Crippen LogP) is 3.16. The number of nitrogens with one attached hydrogen (secondary N) is 2. The fourth-order valence-corrected chi connectivity index (χ4v) is 2.71. The number of anilines is 2. The molecule has 1 aliphatic rings. The topological polar surface area (TPSA) is 85.4 Å². The van der Waals surface area contributed by atoms with Crippen molar-refractivity contribution in [3.05, 3.63) is 41.7 Å². The minimum absolute atomic E-state index is 0.0225. The predicted molar refractivity (Wildman–Crippen MR) is 94.6 cm³/mol. The number of aromatic nitrogens is 2. The van der Waals surface area contributed by atoms with Crippen LogP contribution >= 0.6 is 0 Å². The Kier molecular flexibility index (Phi) is 5.98. The molecule has 1 aromatic carbocycles. The lowest BCUT2D eigenvalue weighted by Crippen LogP contribution is -2.38. The zero-order valence-corrected chi connectivity index (χ0v) is 15.0. The van der Waals surface area contributed by atoms with Crippen LogP contribution in [0.4, 0.5) is 24.8 Å². The van der Waals surface area contributed by atoms with Crippen LogP contribution in [0.3, 0.4) is 0 Å². The van der Waals surface area contributed by atoms with E-state index in [0.717, 1.165) is 12.8 Å². The summed E-state index contributed by atoms with van der Waals surface area (Å²) in [6.07, 6.45) is -1.60. The van der Waals surface area contributed by atoms with Crippen LogP contribution in [0.1, 0.15) is 28.8 Å². The number of amides is 1. The second-order valence-electron chi connectivity index (χ2n) is 6.19. The molecule has 1 aliphatic heterocycles. The van der Waals surface area contributed by atoms with Crippen molar-refractivity contribution in [1.29, 1.82) is 0 Å². The number of alkyl halides is 3. The van der Waals surface area contributed by atoms with Gasteiger partial charge in [-0.3, -0.25) is 4.79 Å². The standard InChI is InChI=1S/C18H19F3N4O3/c1-27-15-8-11(16(26)24-13-4-6-28-7-5-13)2-3-14(15)25-17-22-9-12(10-23-17)18(19,20)21/h2-3,8-10,13H,4-7H2,1H3,(H,24,26)(H,22,23,25). The van der Waals surface area contributed by atoms with Crippen LogP contribution < -0.4 is 15.4 Å². The second kappa shape index (κ2) is 8.42. The van der Waals surface area contributed by atoms with Gasteiger partial charge in [0.15, 0.2) is 0 Å². The third kappa shape index (κ3) is 4.89. The molecule has 2 N–H and O–H groups in total. The van der Waals surface area contributed by atoms with Crippen molar-refractivity contribution in [3.63, 3.8) is 0 Å². The van der Waals surface area contributed by atoms with Gasteiger partial charge in [0.1, 0.15) is 5.75 Å². The average molecular weight is 396 g/mol. The smallest absolute Gasteiger partial charge is 0.419 e. The molecule has 1 aromatic heterocycles. The van der Waals surface area contributed by atoms with Gasteiger partial charge in [-0.05, 0) is 31.0 Å². The molecule has 10 heteroatoms. The van der Waals surface area contributed by atoms with Gasteiger partial charge < -0.3 is 20.1 Å². The van der Waals surface area contributed by atoms with Crippen LogP contribution in [-0.2, 0) is 10.9 Å². The Hall–Kier alpha value is -2.88. The summed E-state index contributed by atoms with van der Waals surface area (Å²) in [5.41, 5.74) is -0.114. The van der Waals surface area contributed by atoms with Gasteiger partial charge in [0.2, 0.25) is 5.95 Å². The normalized spacial score (nSPS) is 15.1. The molecule has 7 nitrogen and oxygen atoms in total. The van der Waals surface area contributed by atoms with E-state index in [1.165, 1.54) is 7.11 Å². The molecule has 0 radical (unpaired) electrons. The third-order valence-corrected chi connectivity index (χ3v) is 4.25. The summed E-state index contributed by atoms with van der Waals surface area (Å²) in [7, 11) is 1.42. The number of nitrogens with zero attached hydrogens (tertiary/aromatic N) is 2. The number of hydrogen-bond donors (Lipinski definition) is 2. The second-order valence-corrected chi connectivity index (χ2v) is 6.19. The first kappa shape index (κ1) is 19.9. The van der Waals surface area contributed by atoms with Crippen LogP contribution in [0, 0.1) is 0 Å². The van der Waals surface area contributed by atoms with Crippen molar-refractivity contribution in [2.75, 3.05) is 25.6 Å². The highest BCUT2D eigenvalue weighted by molar-refractivity contribution is 5.95. The molecule has 150 valence electrons. The van der Waals surface area contributed by atoms with Gasteiger partial charge in [-0.25, -0.2) is 9.97 Å². The number of benzene rings is 1. The van der Waals surface area contributed by atoms with E-state index in [-0.39, 0.29) is 17.9 Å². The Morgan fingerprint density at radius 1 is 1.21 bits per heavy atom. The fraction of sp³-hybridized carbons (Fsp3) is 0.389. The number of rotatable bonds is 5. The van der Waals surface area contributed by atoms with E-state index in [0.29, 0.717) is 42.6 Å². The molecule has 1 fully saturated rings. The summed E-state index contributed by atoms with van der Waals surface area (Å²) in [6.45, 7) is 1.23. The van der Waals surface area contributed by atoms with Gasteiger partial charge in [-0.2, -0.15) is 13.2 Å². The summed E-state index contributed by atoms with van der Waals surface area (Å²) in [6, 6.07) is 4.77. The van der Waals surface area contributed by atoms with Crippen molar-refractivity contribution >= 4 is 17.5 Å². The lowest BCUT2D eigenvalue weighted by Gasteiger charge is -2.23. The molecule has 2 aromatic rings. The molecule has 0 aliphatic carbocycles. The van der Waals surface area contributed by atoms with Gasteiger partial charge >= 0.3 is 6.18 Å². The highest BCUT2D eigenvalue weighted by Gasteiger charge is 2.31. The number of ether oxygens (including phenoxy) is 2. The number of carbonyl (C=O) groups excluding carboxylic acids is 1. The van der Waals surface area contributed by atoms with Crippen molar-refractivity contribution in [2.24, 2.45) is 0 Å². The molecule has 1 saturated heterocycles. The summed E-state index contributed by atoms with van der Waals surface area (Å²) in [4.78, 5) is 19.7. The zero-order valence-electron chi connectivity index (χ0n) is 15.0. The van der Waals surface area contributed by atoms with Crippen LogP contribution in [0.15, 0.2) is 30.6 Å². The molecule has 3 rings (SSSR count). The van der Waals surface area contributed by atoms with E-state index in [4.69, 9.17) is 9.47 Å². The molecule has 0 spiro atoms. The Labute approximate surface area is 159 Å². The van der Waals surface area contributed by atoms with Crippen molar-refractivity contribution in [3.8, 4) is 5.75 Å². The molecule has 1 amide bonds. The van der Waals surface area contributed by atoms with E-state index in [2.05, 4.69) is 20.6 Å². The molecular weight excluding hydrogens is 377 g/mol. The maximum absolute atomic E-state index is 12.6. The monoisotopic (exact) mass is 396 g/mol. The number of hydrogen-bond acceptors (Lipinski definition) is 6. The molecular formula is C18H19F3N4O3. The summed E-state index contributed by atoms with van der Waals surface area (Å²) in [5.74, 6) is 0.0800. The minimum Gasteiger partial charge on any atom is -0.495 e. The van der Waals surface area contributed by atoms with Crippen molar-refractivity contribution in [2.45, 2.75) is 25.1 Å². The summed E-state index contributed by atoms with van der Waals surface area (Å²) < 4.78 is 48.3. The molecule has 28 heavy (non-hydrogen) atoms. The highest BCUT2D eigenvalue weighted by Crippen LogP contribution is 2.30. The van der Waals surface area contributed by atoms with E-state index >= 15 is 0 Å². The van der Waals surface area contributed by atoms with Crippen molar-refractivity contribution < 1.29 is 27.4 Å². The quantitative estimate of drug-likeness (QED) is 0.808. The first-order valence-corrected chi connectivity index (χ1v) is 8.59. The van der Waals surface area contributed by atoms with E-state index in [9.17, 15) is 18.0 Å². The molecule has 0 atom stereocenters. The minimum atomic E-state index is -4.50. The van der Waals surface area contributed by atoms with E-state index < -0.39 is 11.7 Å². The van der Waals surface area contributed by atoms with Gasteiger partial charge in [-0.15, -0.1) is 0 Å². The van der Waals surface area contributed by atoms with Gasteiger partial charge in [-0.1, -0.05) is 0 Å². The average Bonchev–Trinajstić information content (AvgIpc) is 2.68. The Morgan fingerprint density at radius 3 is 2.50 bits per heavy atom. The summed E-state index contributed by atoms with van der Waals surface area (Å²) in [5, 5.41) is 5.74. The first-order valence-electron chi connectivity index (χ1n) is 8.59. The molecule has 2 heterocycles. The number of methoxy groups -OCH3 is 1. The van der Waals surface area contributed by atoms with Gasteiger partial charge in [0.05, 0.1) is 18.4 Å². The highest BCUT2D eigenvalue weighted by atomic mass is 19.4. The molecule has 0 saturated carbocycles. The zero-order chi connectivity index (χ0) is 20.1. The van der Waals surface area contributed by atoms with Crippen molar-refractivity contribution in [1.82, 2.24) is 15.3 Å². The van der Waals surface area contributed by atoms with Crippen LogP contribution in [0.5, 0.6) is 5.75 Å². The maximum atomic E-state index is 12.6. The Balaban J connectivity index is 1.71. The van der Waals surface area contributed by atoms with Crippen LogP contribution in [-0.4, -0.2) is 42.2 Å². The SMILES string of the molecule is COc1cc(C(=O)NC2CCOCC2)ccc1Nc1ncc(C(F)(F)F)cn1. The fourth-order valence-electron chi connectivity index (χ4n) is 2.71. The lowest BCUT2D eigenvalue weighted by molar-refractivity contribution is -0.138. The molecule has 0 bridgehead atoms. The lowest BCUT2D eigenvalue weighted by atomic mass is 10.1. The van der Waals surface area contributed by atoms with Crippen LogP contribution in [0.25, 0.3) is 0 Å². The number of halogens is 3.